The summed E-state index contributed by atoms with van der Waals surface area (Å²) in [6.07, 6.45) is 1.61. The van der Waals surface area contributed by atoms with Gasteiger partial charge in [-0.1, -0.05) is 0 Å². The zero-order valence-electron chi connectivity index (χ0n) is 7.92. The van der Waals surface area contributed by atoms with Crippen LogP contribution in [-0.4, -0.2) is 33.1 Å². The highest BCUT2D eigenvalue weighted by molar-refractivity contribution is 5.88. The summed E-state index contributed by atoms with van der Waals surface area (Å²) in [6.45, 7) is 0. The molecule has 1 heterocycles. The number of hydrogen-bond acceptors (Lipinski definition) is 6. The summed E-state index contributed by atoms with van der Waals surface area (Å²) in [5.74, 6) is -0.151. The molecule has 0 spiro atoms. The molecule has 6 nitrogen and oxygen atoms in total. The Morgan fingerprint density at radius 1 is 1.54 bits per heavy atom. The van der Waals surface area contributed by atoms with Gasteiger partial charge < -0.3 is 14.8 Å². The molecule has 0 aromatic carbocycles. The summed E-state index contributed by atoms with van der Waals surface area (Å²) in [5, 5.41) is 5.62. The topological polar surface area (TPSA) is 80.9 Å². The van der Waals surface area contributed by atoms with Gasteiger partial charge >= 0.3 is 0 Å². The maximum Gasteiger partial charge on any atom is 0.247 e. The fourth-order valence-electron chi connectivity index (χ4n) is 0.903. The van der Waals surface area contributed by atoms with E-state index in [0.29, 0.717) is 11.8 Å². The molecule has 0 amide bonds. The number of hydrogen-bond donors (Lipinski definition) is 3. The van der Waals surface area contributed by atoms with Crippen LogP contribution in [0.3, 0.4) is 0 Å². The molecule has 1 rings (SSSR count). The summed E-state index contributed by atoms with van der Waals surface area (Å²) in [5.41, 5.74) is 5.78. The predicted octanol–water partition coefficient (Wildman–Crippen LogP) is -1.09. The van der Waals surface area contributed by atoms with Crippen LogP contribution in [0.5, 0.6) is 0 Å². The van der Waals surface area contributed by atoms with Crippen molar-refractivity contribution in [2.75, 3.05) is 21.3 Å². The zero-order chi connectivity index (χ0) is 9.90. The Morgan fingerprint density at radius 2 is 2.23 bits per heavy atom. The molecule has 4 N–H and O–H groups in total. The molecular formula is C7H14N4O2. The Kier molecular flexibility index (Phi) is 2.74. The highest BCUT2D eigenvalue weighted by Gasteiger charge is 2.27. The molecule has 0 radical (unpaired) electrons. The van der Waals surface area contributed by atoms with E-state index in [0.717, 1.165) is 0 Å². The third-order valence-electron chi connectivity index (χ3n) is 1.67. The fraction of sp³-hybridized carbons (Fsp3) is 0.571. The maximum atomic E-state index is 5.78. The number of nitrogens with zero attached hydrogens (tertiary/aromatic N) is 1. The quantitative estimate of drug-likeness (QED) is 0.477. The second-order valence-electron chi connectivity index (χ2n) is 2.51. The fourth-order valence-corrected chi connectivity index (χ4v) is 0.903. The van der Waals surface area contributed by atoms with Crippen LogP contribution in [0.15, 0.2) is 17.0 Å². The minimum atomic E-state index is -1.06. The van der Waals surface area contributed by atoms with Crippen LogP contribution in [0, 0.1) is 0 Å². The molecule has 0 saturated carbocycles. The van der Waals surface area contributed by atoms with Gasteiger partial charge in [-0.3, -0.25) is 11.1 Å². The summed E-state index contributed by atoms with van der Waals surface area (Å²) < 4.78 is 9.94. The summed E-state index contributed by atoms with van der Waals surface area (Å²) in [4.78, 5) is 4.04. The molecule has 6 heteroatoms. The minimum absolute atomic E-state index is 0.410. The number of aliphatic imine (C=N–C) groups is 1. The first-order valence-electron chi connectivity index (χ1n) is 3.79. The molecule has 0 bridgehead atoms. The van der Waals surface area contributed by atoms with E-state index in [1.54, 1.807) is 13.1 Å². The Labute approximate surface area is 76.8 Å². The lowest BCUT2D eigenvalue weighted by molar-refractivity contribution is 0.193. The van der Waals surface area contributed by atoms with Gasteiger partial charge in [0.1, 0.15) is 0 Å². The molecular weight excluding hydrogens is 172 g/mol. The average Bonchev–Trinajstić information content (AvgIpc) is 2.17. The van der Waals surface area contributed by atoms with E-state index in [1.165, 1.54) is 14.2 Å². The predicted molar refractivity (Wildman–Crippen MR) is 48.6 cm³/mol. The van der Waals surface area contributed by atoms with Gasteiger partial charge in [-0.15, -0.1) is 0 Å². The van der Waals surface area contributed by atoms with Crippen molar-refractivity contribution < 1.29 is 9.47 Å². The van der Waals surface area contributed by atoms with Gasteiger partial charge in [0.05, 0.1) is 20.3 Å². The second-order valence-corrected chi connectivity index (χ2v) is 2.51. The lowest BCUT2D eigenvalue weighted by atomic mass is 10.4. The Hall–Kier alpha value is -1.27. The third kappa shape index (κ3) is 2.10. The Bertz CT molecular complexity index is 251. The molecule has 1 atom stereocenters. The van der Waals surface area contributed by atoms with Gasteiger partial charge in [-0.25, -0.2) is 0 Å². The van der Waals surface area contributed by atoms with Crippen LogP contribution < -0.4 is 16.4 Å². The van der Waals surface area contributed by atoms with E-state index in [4.69, 9.17) is 15.2 Å². The monoisotopic (exact) mass is 186 g/mol. The molecule has 74 valence electrons. The highest BCUT2D eigenvalue weighted by atomic mass is 16.5. The van der Waals surface area contributed by atoms with Gasteiger partial charge in [0.15, 0.2) is 5.88 Å². The van der Waals surface area contributed by atoms with Crippen molar-refractivity contribution in [2.24, 2.45) is 10.7 Å². The van der Waals surface area contributed by atoms with Gasteiger partial charge in [0, 0.05) is 0 Å². The summed E-state index contributed by atoms with van der Waals surface area (Å²) in [6, 6.07) is 0. The molecule has 0 aromatic rings. The Morgan fingerprint density at radius 3 is 2.69 bits per heavy atom. The van der Waals surface area contributed by atoms with Gasteiger partial charge in [0.25, 0.3) is 0 Å². The van der Waals surface area contributed by atoms with Crippen molar-refractivity contribution in [3.8, 4) is 0 Å². The molecule has 1 aliphatic heterocycles. The molecule has 0 saturated heterocycles. The number of methoxy groups -OCH3 is 2. The lowest BCUT2D eigenvalue weighted by Gasteiger charge is -2.30. The minimum Gasteiger partial charge on any atom is -0.482 e. The normalized spacial score (nSPS) is 27.1. The first-order chi connectivity index (χ1) is 6.13. The second kappa shape index (κ2) is 3.63. The van der Waals surface area contributed by atoms with E-state index in [-0.39, 0.29) is 0 Å². The largest absolute Gasteiger partial charge is 0.482 e. The first kappa shape index (κ1) is 9.82. The van der Waals surface area contributed by atoms with Gasteiger partial charge in [0.2, 0.25) is 11.8 Å². The molecule has 1 aliphatic rings. The van der Waals surface area contributed by atoms with E-state index >= 15 is 0 Å². The lowest BCUT2D eigenvalue weighted by Crippen LogP contribution is -2.62. The molecule has 13 heavy (non-hydrogen) atoms. The van der Waals surface area contributed by atoms with Crippen LogP contribution in [-0.2, 0) is 9.47 Å². The standard InChI is InChI=1S/C7H14N4O2/c1-9-7(8)10-5(12-2)4-6(11-7)13-3/h4,9-10H,8H2,1-3H3. The maximum absolute atomic E-state index is 5.78. The zero-order valence-corrected chi connectivity index (χ0v) is 7.92. The van der Waals surface area contributed by atoms with Crippen molar-refractivity contribution in [1.82, 2.24) is 10.6 Å². The third-order valence-corrected chi connectivity index (χ3v) is 1.67. The van der Waals surface area contributed by atoms with Crippen LogP contribution in [0.1, 0.15) is 0 Å². The number of nitrogens with two attached hydrogens (primary N) is 1. The van der Waals surface area contributed by atoms with Gasteiger partial charge in [-0.2, -0.15) is 4.99 Å². The van der Waals surface area contributed by atoms with E-state index in [2.05, 4.69) is 15.6 Å². The smallest absolute Gasteiger partial charge is 0.247 e. The molecule has 0 aromatic heterocycles. The van der Waals surface area contributed by atoms with Crippen molar-refractivity contribution >= 4 is 5.90 Å². The molecule has 0 fully saturated rings. The van der Waals surface area contributed by atoms with Crippen molar-refractivity contribution in [3.05, 3.63) is 12.0 Å². The summed E-state index contributed by atoms with van der Waals surface area (Å²) >= 11 is 0. The van der Waals surface area contributed by atoms with Crippen LogP contribution in [0.2, 0.25) is 0 Å². The highest BCUT2D eigenvalue weighted by Crippen LogP contribution is 2.07. The first-order valence-corrected chi connectivity index (χ1v) is 3.79. The summed E-state index contributed by atoms with van der Waals surface area (Å²) in [7, 11) is 4.74. The van der Waals surface area contributed by atoms with Crippen LogP contribution in [0.4, 0.5) is 0 Å². The van der Waals surface area contributed by atoms with Crippen molar-refractivity contribution in [1.29, 1.82) is 0 Å². The number of nitrogens with one attached hydrogen (secondary N) is 2. The molecule has 0 aliphatic carbocycles. The van der Waals surface area contributed by atoms with Crippen molar-refractivity contribution in [2.45, 2.75) is 5.91 Å². The SMILES string of the molecule is CNC1(N)N=C(OC)C=C(OC)N1. The van der Waals surface area contributed by atoms with E-state index in [1.807, 2.05) is 0 Å². The van der Waals surface area contributed by atoms with Crippen molar-refractivity contribution in [3.63, 3.8) is 0 Å². The van der Waals surface area contributed by atoms with Crippen LogP contribution >= 0.6 is 0 Å². The van der Waals surface area contributed by atoms with E-state index < -0.39 is 5.91 Å². The molecule has 1 unspecified atom stereocenters. The van der Waals surface area contributed by atoms with Gasteiger partial charge in [-0.05, 0) is 7.05 Å². The number of ether oxygens (including phenoxy) is 2. The van der Waals surface area contributed by atoms with E-state index in [9.17, 15) is 0 Å². The average molecular weight is 186 g/mol. The Balaban J connectivity index is 2.88. The van der Waals surface area contributed by atoms with Crippen LogP contribution in [0.25, 0.3) is 0 Å². The number of rotatable bonds is 2.